The van der Waals surface area contributed by atoms with Crippen LogP contribution in [0.1, 0.15) is 10.4 Å². The van der Waals surface area contributed by atoms with Crippen molar-refractivity contribution in [3.63, 3.8) is 0 Å². The molecule has 0 radical (unpaired) electrons. The number of rotatable bonds is 6. The first-order valence-corrected chi connectivity index (χ1v) is 7.48. The van der Waals surface area contributed by atoms with E-state index >= 15 is 0 Å². The topological polar surface area (TPSA) is 67.9 Å². The van der Waals surface area contributed by atoms with Crippen LogP contribution in [0.4, 0.5) is 15.8 Å². The summed E-state index contributed by atoms with van der Waals surface area (Å²) in [4.78, 5) is 25.6. The second kappa shape index (κ2) is 8.14. The Morgan fingerprint density at radius 2 is 1.80 bits per heavy atom. The molecule has 1 N–H and O–H groups in total. The fourth-order valence-corrected chi connectivity index (χ4v) is 2.04. The van der Waals surface area contributed by atoms with Gasteiger partial charge >= 0.3 is 5.97 Å². The Morgan fingerprint density at radius 1 is 1.12 bits per heavy atom. The molecule has 2 aromatic carbocycles. The number of halogens is 1. The van der Waals surface area contributed by atoms with Gasteiger partial charge in [0.25, 0.3) is 5.91 Å². The number of carbonyl (C=O) groups is 2. The molecule has 1 amide bonds. The van der Waals surface area contributed by atoms with Gasteiger partial charge in [-0.1, -0.05) is 0 Å². The van der Waals surface area contributed by atoms with E-state index in [-0.39, 0.29) is 11.3 Å². The van der Waals surface area contributed by atoms with Gasteiger partial charge in [0.2, 0.25) is 0 Å². The Morgan fingerprint density at radius 3 is 2.36 bits per heavy atom. The molecule has 0 bridgehead atoms. The number of methoxy groups -OCH3 is 1. The molecule has 0 unspecified atom stereocenters. The first-order valence-electron chi connectivity index (χ1n) is 7.48. The van der Waals surface area contributed by atoms with Crippen LogP contribution in [0.15, 0.2) is 42.5 Å². The van der Waals surface area contributed by atoms with E-state index in [2.05, 4.69) is 5.32 Å². The molecule has 7 heteroatoms. The number of nitrogens with one attached hydrogen (secondary N) is 1. The molecule has 0 aliphatic rings. The number of carbonyl (C=O) groups excluding carboxylic acids is 2. The second-order valence-electron chi connectivity index (χ2n) is 5.41. The third kappa shape index (κ3) is 4.94. The minimum atomic E-state index is -0.918. The number of ether oxygens (including phenoxy) is 2. The van der Waals surface area contributed by atoms with Crippen LogP contribution in [0.2, 0.25) is 0 Å². The summed E-state index contributed by atoms with van der Waals surface area (Å²) >= 11 is 0. The van der Waals surface area contributed by atoms with Crippen LogP contribution < -0.4 is 15.0 Å². The van der Waals surface area contributed by atoms with Gasteiger partial charge in [0, 0.05) is 31.5 Å². The number of hydrogen-bond acceptors (Lipinski definition) is 5. The predicted molar refractivity (Wildman–Crippen MR) is 92.6 cm³/mol. The summed E-state index contributed by atoms with van der Waals surface area (Å²) < 4.78 is 23.5. The third-order valence-electron chi connectivity index (χ3n) is 3.40. The Kier molecular flexibility index (Phi) is 5.94. The molecule has 0 atom stereocenters. The van der Waals surface area contributed by atoms with Crippen molar-refractivity contribution in [1.29, 1.82) is 0 Å². The van der Waals surface area contributed by atoms with E-state index in [0.29, 0.717) is 5.69 Å². The smallest absolute Gasteiger partial charge is 0.341 e. The molecule has 0 aromatic heterocycles. The van der Waals surface area contributed by atoms with Crippen molar-refractivity contribution in [2.75, 3.05) is 38.0 Å². The highest BCUT2D eigenvalue weighted by molar-refractivity contribution is 5.95. The second-order valence-corrected chi connectivity index (χ2v) is 5.41. The van der Waals surface area contributed by atoms with E-state index in [0.717, 1.165) is 11.8 Å². The summed E-state index contributed by atoms with van der Waals surface area (Å²) in [6, 6.07) is 10.9. The molecule has 0 saturated carbocycles. The average Bonchev–Trinajstić information content (AvgIpc) is 2.60. The van der Waals surface area contributed by atoms with E-state index < -0.39 is 24.3 Å². The van der Waals surface area contributed by atoms with E-state index in [1.54, 1.807) is 12.1 Å². The van der Waals surface area contributed by atoms with E-state index in [1.165, 1.54) is 19.2 Å². The maximum Gasteiger partial charge on any atom is 0.341 e. The van der Waals surface area contributed by atoms with E-state index in [4.69, 9.17) is 9.47 Å². The lowest BCUT2D eigenvalue weighted by Crippen LogP contribution is -2.21. The Balaban J connectivity index is 1.90. The average molecular weight is 346 g/mol. The molecule has 0 saturated heterocycles. The van der Waals surface area contributed by atoms with Gasteiger partial charge in [-0.3, -0.25) is 4.79 Å². The highest BCUT2D eigenvalue weighted by Gasteiger charge is 2.15. The summed E-state index contributed by atoms with van der Waals surface area (Å²) in [5.41, 5.74) is 1.30. The number of nitrogens with zero attached hydrogens (tertiary/aromatic N) is 1. The molecule has 2 aromatic rings. The zero-order valence-electron chi connectivity index (χ0n) is 14.2. The lowest BCUT2D eigenvalue weighted by molar-refractivity contribution is -0.119. The quantitative estimate of drug-likeness (QED) is 0.815. The van der Waals surface area contributed by atoms with Gasteiger partial charge in [-0.2, -0.15) is 0 Å². The summed E-state index contributed by atoms with van der Waals surface area (Å²) in [6.07, 6.45) is 0. The van der Waals surface area contributed by atoms with Gasteiger partial charge in [0.05, 0.1) is 12.7 Å². The molecule has 0 aliphatic carbocycles. The van der Waals surface area contributed by atoms with Crippen molar-refractivity contribution in [1.82, 2.24) is 0 Å². The van der Waals surface area contributed by atoms with Gasteiger partial charge in [-0.25, -0.2) is 9.18 Å². The molecule has 6 nitrogen and oxygen atoms in total. The van der Waals surface area contributed by atoms with Crippen LogP contribution in [0.25, 0.3) is 0 Å². The molecule has 0 heterocycles. The van der Waals surface area contributed by atoms with Crippen molar-refractivity contribution >= 4 is 23.3 Å². The lowest BCUT2D eigenvalue weighted by atomic mass is 10.2. The number of amides is 1. The molecule has 2 rings (SSSR count). The minimum Gasteiger partial charge on any atom is -0.497 e. The summed E-state index contributed by atoms with van der Waals surface area (Å²) in [6.45, 7) is -0.514. The Bertz CT molecular complexity index is 760. The maximum atomic E-state index is 13.8. The SMILES string of the molecule is COc1ccc(C(=O)OCC(=O)Nc2ccc(N(C)C)cc2)c(F)c1. The van der Waals surface area contributed by atoms with Gasteiger partial charge < -0.3 is 19.7 Å². The van der Waals surface area contributed by atoms with Crippen molar-refractivity contribution in [3.8, 4) is 5.75 Å². The standard InChI is InChI=1S/C18H19FN2O4/c1-21(2)13-6-4-12(5-7-13)20-17(22)11-25-18(23)15-9-8-14(24-3)10-16(15)19/h4-10H,11H2,1-3H3,(H,20,22). The summed E-state index contributed by atoms with van der Waals surface area (Å²) in [5, 5.41) is 2.60. The molecule has 0 fully saturated rings. The zero-order valence-corrected chi connectivity index (χ0v) is 14.2. The molecular weight excluding hydrogens is 327 g/mol. The van der Waals surface area contributed by atoms with Gasteiger partial charge in [0.1, 0.15) is 11.6 Å². The minimum absolute atomic E-state index is 0.260. The zero-order chi connectivity index (χ0) is 18.4. The molecule has 25 heavy (non-hydrogen) atoms. The van der Waals surface area contributed by atoms with Crippen LogP contribution in [-0.2, 0) is 9.53 Å². The Labute approximate surface area is 145 Å². The maximum absolute atomic E-state index is 13.8. The number of esters is 1. The van der Waals surface area contributed by atoms with Crippen molar-refractivity contribution < 1.29 is 23.5 Å². The highest BCUT2D eigenvalue weighted by atomic mass is 19.1. The molecular formula is C18H19FN2O4. The van der Waals surface area contributed by atoms with Crippen LogP contribution in [0, 0.1) is 5.82 Å². The largest absolute Gasteiger partial charge is 0.497 e. The fourth-order valence-electron chi connectivity index (χ4n) is 2.04. The first-order chi connectivity index (χ1) is 11.9. The van der Waals surface area contributed by atoms with Gasteiger partial charge in [0.15, 0.2) is 6.61 Å². The van der Waals surface area contributed by atoms with Crippen molar-refractivity contribution in [2.24, 2.45) is 0 Å². The first kappa shape index (κ1) is 18.3. The number of hydrogen-bond donors (Lipinski definition) is 1. The predicted octanol–water partition coefficient (Wildman–Crippen LogP) is 2.70. The summed E-state index contributed by atoms with van der Waals surface area (Å²) in [5.74, 6) is -1.92. The van der Waals surface area contributed by atoms with E-state index in [9.17, 15) is 14.0 Å². The normalized spacial score (nSPS) is 10.1. The van der Waals surface area contributed by atoms with Crippen molar-refractivity contribution in [2.45, 2.75) is 0 Å². The molecule has 0 aliphatic heterocycles. The van der Waals surface area contributed by atoms with Gasteiger partial charge in [-0.05, 0) is 36.4 Å². The fraction of sp³-hybridized carbons (Fsp3) is 0.222. The lowest BCUT2D eigenvalue weighted by Gasteiger charge is -2.13. The third-order valence-corrected chi connectivity index (χ3v) is 3.40. The monoisotopic (exact) mass is 346 g/mol. The van der Waals surface area contributed by atoms with Crippen LogP contribution >= 0.6 is 0 Å². The van der Waals surface area contributed by atoms with Crippen LogP contribution in [-0.4, -0.2) is 39.7 Å². The number of benzene rings is 2. The van der Waals surface area contributed by atoms with E-state index in [1.807, 2.05) is 31.1 Å². The highest BCUT2D eigenvalue weighted by Crippen LogP contribution is 2.17. The number of anilines is 2. The van der Waals surface area contributed by atoms with Crippen LogP contribution in [0.5, 0.6) is 5.75 Å². The van der Waals surface area contributed by atoms with Crippen molar-refractivity contribution in [3.05, 3.63) is 53.8 Å². The molecule has 0 spiro atoms. The van der Waals surface area contributed by atoms with Gasteiger partial charge in [-0.15, -0.1) is 0 Å². The molecule has 132 valence electrons. The summed E-state index contributed by atoms with van der Waals surface area (Å²) in [7, 11) is 5.21. The Hall–Kier alpha value is -3.09. The van der Waals surface area contributed by atoms with Crippen LogP contribution in [0.3, 0.4) is 0 Å².